The van der Waals surface area contributed by atoms with E-state index in [1.807, 2.05) is 13.1 Å². The summed E-state index contributed by atoms with van der Waals surface area (Å²) in [5, 5.41) is 13.5. The van der Waals surface area contributed by atoms with E-state index in [1.165, 1.54) is 10.6 Å². The number of carbonyl (C=O) groups is 1. The number of fused-ring (bicyclic) bond motifs is 1. The number of para-hydroxylation sites is 1. The van der Waals surface area contributed by atoms with Crippen molar-refractivity contribution in [3.63, 3.8) is 0 Å². The second-order valence-corrected chi connectivity index (χ2v) is 4.94. The fourth-order valence-electron chi connectivity index (χ4n) is 2.52. The predicted octanol–water partition coefficient (Wildman–Crippen LogP) is 1.12. The molecule has 3 aromatic rings. The first-order chi connectivity index (χ1) is 9.97. The number of hydrogen-bond acceptors (Lipinski definition) is 3. The number of H-pyrrole nitrogens is 1. The number of aryl methyl sites for hydroxylation is 2. The summed E-state index contributed by atoms with van der Waals surface area (Å²) < 4.78 is 3.10. The highest BCUT2D eigenvalue weighted by atomic mass is 16.4. The Morgan fingerprint density at radius 3 is 2.81 bits per heavy atom. The molecule has 0 aliphatic rings. The first-order valence-corrected chi connectivity index (χ1v) is 6.41. The van der Waals surface area contributed by atoms with E-state index in [-0.39, 0.29) is 17.8 Å². The van der Waals surface area contributed by atoms with Gasteiger partial charge in [0.2, 0.25) is 0 Å². The summed E-state index contributed by atoms with van der Waals surface area (Å²) >= 11 is 0. The highest BCUT2D eigenvalue weighted by molar-refractivity contribution is 6.01. The number of aromatic carboxylic acids is 1. The average Bonchev–Trinajstić information content (AvgIpc) is 2.90. The molecule has 0 aliphatic heterocycles. The summed E-state index contributed by atoms with van der Waals surface area (Å²) in [6, 6.07) is 4.79. The van der Waals surface area contributed by atoms with Gasteiger partial charge in [0.05, 0.1) is 28.8 Å². The highest BCUT2D eigenvalue weighted by Gasteiger charge is 2.16. The highest BCUT2D eigenvalue weighted by Crippen LogP contribution is 2.18. The number of benzene rings is 1. The minimum Gasteiger partial charge on any atom is -0.478 e. The molecule has 2 N–H and O–H groups in total. The maximum atomic E-state index is 12.1. The number of aromatic nitrogens is 4. The van der Waals surface area contributed by atoms with E-state index in [1.54, 1.807) is 23.9 Å². The molecule has 0 unspecified atom stereocenters. The fraction of sp³-hybridized carbons (Fsp3) is 0.214. The summed E-state index contributed by atoms with van der Waals surface area (Å²) in [7, 11) is 1.80. The van der Waals surface area contributed by atoms with E-state index in [9.17, 15) is 14.7 Å². The van der Waals surface area contributed by atoms with Gasteiger partial charge in [0, 0.05) is 18.8 Å². The first-order valence-electron chi connectivity index (χ1n) is 6.41. The topological polar surface area (TPSA) is 92.9 Å². The largest absolute Gasteiger partial charge is 0.478 e. The van der Waals surface area contributed by atoms with Gasteiger partial charge < -0.3 is 10.1 Å². The van der Waals surface area contributed by atoms with Crippen molar-refractivity contribution < 1.29 is 9.90 Å². The van der Waals surface area contributed by atoms with Crippen molar-refractivity contribution in [1.29, 1.82) is 0 Å². The van der Waals surface area contributed by atoms with E-state index in [0.29, 0.717) is 11.0 Å². The lowest BCUT2D eigenvalue weighted by Gasteiger charge is -2.05. The van der Waals surface area contributed by atoms with Gasteiger partial charge >= 0.3 is 11.7 Å². The van der Waals surface area contributed by atoms with Crippen LogP contribution in [0.4, 0.5) is 0 Å². The molecule has 0 fully saturated rings. The number of nitrogens with zero attached hydrogens (tertiary/aromatic N) is 3. The van der Waals surface area contributed by atoms with Gasteiger partial charge in [-0.1, -0.05) is 6.07 Å². The molecular weight excluding hydrogens is 272 g/mol. The van der Waals surface area contributed by atoms with E-state index in [2.05, 4.69) is 10.1 Å². The normalized spacial score (nSPS) is 11.1. The van der Waals surface area contributed by atoms with Crippen molar-refractivity contribution in [2.45, 2.75) is 13.5 Å². The molecule has 0 saturated heterocycles. The molecular formula is C14H14N4O3. The van der Waals surface area contributed by atoms with Crippen LogP contribution in [-0.2, 0) is 13.6 Å². The van der Waals surface area contributed by atoms with E-state index in [0.717, 1.165) is 11.3 Å². The maximum absolute atomic E-state index is 12.1. The van der Waals surface area contributed by atoms with Crippen LogP contribution in [0.15, 0.2) is 29.2 Å². The lowest BCUT2D eigenvalue weighted by Crippen LogP contribution is -2.18. The standard InChI is InChI=1S/C14H14N4O3/c1-8-9(6-17(2)16-8)7-18-12-10(13(19)20)4-3-5-11(12)15-14(18)21/h3-6H,7H2,1-2H3,(H,15,21)(H,19,20). The molecule has 0 spiro atoms. The molecule has 0 aliphatic carbocycles. The molecule has 1 aromatic carbocycles. The third-order valence-corrected chi connectivity index (χ3v) is 3.47. The Balaban J connectivity index is 2.22. The molecule has 7 nitrogen and oxygen atoms in total. The minimum atomic E-state index is -1.06. The van der Waals surface area contributed by atoms with E-state index < -0.39 is 5.97 Å². The van der Waals surface area contributed by atoms with E-state index >= 15 is 0 Å². The summed E-state index contributed by atoms with van der Waals surface area (Å²) in [5.74, 6) is -1.06. The number of nitrogens with one attached hydrogen (secondary N) is 1. The number of carboxylic acids is 1. The molecule has 0 saturated carbocycles. The van der Waals surface area contributed by atoms with Gasteiger partial charge in [0.15, 0.2) is 0 Å². The number of rotatable bonds is 3. The van der Waals surface area contributed by atoms with E-state index in [4.69, 9.17) is 0 Å². The minimum absolute atomic E-state index is 0.104. The van der Waals surface area contributed by atoms with Crippen molar-refractivity contribution in [2.24, 2.45) is 7.05 Å². The van der Waals surface area contributed by atoms with Gasteiger partial charge in [0.1, 0.15) is 0 Å². The average molecular weight is 286 g/mol. The van der Waals surface area contributed by atoms with Crippen molar-refractivity contribution in [1.82, 2.24) is 19.3 Å². The first kappa shape index (κ1) is 13.2. The summed E-state index contributed by atoms with van der Waals surface area (Å²) in [6.45, 7) is 2.14. The zero-order valence-electron chi connectivity index (χ0n) is 11.6. The third-order valence-electron chi connectivity index (χ3n) is 3.47. The molecule has 3 rings (SSSR count). The van der Waals surface area contributed by atoms with Gasteiger partial charge in [-0.15, -0.1) is 0 Å². The van der Waals surface area contributed by atoms with Crippen LogP contribution in [0.25, 0.3) is 11.0 Å². The lowest BCUT2D eigenvalue weighted by molar-refractivity contribution is 0.0698. The Morgan fingerprint density at radius 2 is 2.19 bits per heavy atom. The molecule has 0 bridgehead atoms. The predicted molar refractivity (Wildman–Crippen MR) is 76.6 cm³/mol. The Kier molecular flexibility index (Phi) is 2.90. The fourth-order valence-corrected chi connectivity index (χ4v) is 2.52. The van der Waals surface area contributed by atoms with Gasteiger partial charge in [-0.2, -0.15) is 5.10 Å². The second-order valence-electron chi connectivity index (χ2n) is 4.94. The molecule has 0 amide bonds. The van der Waals surface area contributed by atoms with Crippen LogP contribution < -0.4 is 5.69 Å². The van der Waals surface area contributed by atoms with Gasteiger partial charge in [-0.05, 0) is 19.1 Å². The molecule has 0 radical (unpaired) electrons. The van der Waals surface area contributed by atoms with Crippen LogP contribution in [0, 0.1) is 6.92 Å². The molecule has 2 aromatic heterocycles. The van der Waals surface area contributed by atoms with Gasteiger partial charge in [0.25, 0.3) is 0 Å². The van der Waals surface area contributed by atoms with Crippen LogP contribution in [0.3, 0.4) is 0 Å². The second kappa shape index (κ2) is 4.62. The smallest absolute Gasteiger partial charge is 0.337 e. The van der Waals surface area contributed by atoms with Crippen LogP contribution >= 0.6 is 0 Å². The van der Waals surface area contributed by atoms with Crippen molar-refractivity contribution in [3.05, 3.63) is 51.7 Å². The zero-order chi connectivity index (χ0) is 15.1. The number of imidazole rings is 1. The molecule has 108 valence electrons. The number of hydrogen-bond donors (Lipinski definition) is 2. The molecule has 7 heteroatoms. The quantitative estimate of drug-likeness (QED) is 0.754. The Hall–Kier alpha value is -2.83. The Labute approximate surface area is 119 Å². The summed E-state index contributed by atoms with van der Waals surface area (Å²) in [6.07, 6.45) is 1.82. The number of carboxylic acid groups (broad SMARTS) is 1. The third kappa shape index (κ3) is 2.12. The molecule has 21 heavy (non-hydrogen) atoms. The van der Waals surface area contributed by atoms with Gasteiger partial charge in [-0.25, -0.2) is 9.59 Å². The zero-order valence-corrected chi connectivity index (χ0v) is 11.6. The number of aromatic amines is 1. The van der Waals surface area contributed by atoms with Crippen LogP contribution in [0.1, 0.15) is 21.6 Å². The monoisotopic (exact) mass is 286 g/mol. The van der Waals surface area contributed by atoms with Crippen LogP contribution in [0.2, 0.25) is 0 Å². The lowest BCUT2D eigenvalue weighted by atomic mass is 10.1. The molecule has 2 heterocycles. The SMILES string of the molecule is Cc1nn(C)cc1Cn1c(=O)[nH]c2cccc(C(=O)O)c21. The van der Waals surface area contributed by atoms with Crippen molar-refractivity contribution in [2.75, 3.05) is 0 Å². The molecule has 0 atom stereocenters. The summed E-state index contributed by atoms with van der Waals surface area (Å²) in [5.41, 5.74) is 2.38. The Morgan fingerprint density at radius 1 is 1.43 bits per heavy atom. The van der Waals surface area contributed by atoms with Crippen LogP contribution in [0.5, 0.6) is 0 Å². The maximum Gasteiger partial charge on any atom is 0.337 e. The summed E-state index contributed by atoms with van der Waals surface area (Å²) in [4.78, 5) is 26.2. The van der Waals surface area contributed by atoms with Gasteiger partial charge in [-0.3, -0.25) is 9.25 Å². The van der Waals surface area contributed by atoms with Crippen LogP contribution in [-0.4, -0.2) is 30.4 Å². The Bertz CT molecular complexity index is 901. The van der Waals surface area contributed by atoms with Crippen molar-refractivity contribution in [3.8, 4) is 0 Å². The van der Waals surface area contributed by atoms with Crippen molar-refractivity contribution >= 4 is 17.0 Å².